The van der Waals surface area contributed by atoms with Crippen LogP contribution in [-0.2, 0) is 6.18 Å². The van der Waals surface area contributed by atoms with E-state index in [1.807, 2.05) is 4.90 Å². The molecule has 3 N–H and O–H groups in total. The number of hydrogen-bond acceptors (Lipinski definition) is 5. The van der Waals surface area contributed by atoms with Crippen LogP contribution < -0.4 is 16.0 Å². The molecule has 1 amide bonds. The smallest absolute Gasteiger partial charge is 0.366 e. The number of primary amides is 1. The minimum atomic E-state index is -4.57. The van der Waals surface area contributed by atoms with E-state index in [-0.39, 0.29) is 16.8 Å². The number of halogens is 4. The third-order valence-corrected chi connectivity index (χ3v) is 5.81. The molecule has 1 aliphatic heterocycles. The molecule has 1 aromatic heterocycles. The van der Waals surface area contributed by atoms with Gasteiger partial charge >= 0.3 is 6.18 Å². The first kappa shape index (κ1) is 21.3. The third-order valence-electron chi connectivity index (χ3n) is 5.48. The Bertz CT molecular complexity index is 1150. The second-order valence-electron chi connectivity index (χ2n) is 7.34. The highest BCUT2D eigenvalue weighted by Crippen LogP contribution is 2.39. The van der Waals surface area contributed by atoms with Crippen molar-refractivity contribution in [2.45, 2.75) is 31.7 Å². The highest BCUT2D eigenvalue weighted by atomic mass is 35.5. The number of carbonyl (C=O) groups is 1. The molecule has 2 heterocycles. The zero-order valence-corrected chi connectivity index (χ0v) is 17.2. The highest BCUT2D eigenvalue weighted by Gasteiger charge is 2.36. The first-order valence-electron chi connectivity index (χ1n) is 9.60. The molecule has 4 rings (SSSR count). The highest BCUT2D eigenvalue weighted by molar-refractivity contribution is 6.31. The zero-order chi connectivity index (χ0) is 22.3. The largest absolute Gasteiger partial charge is 0.417 e. The fraction of sp³-hybridized carbons (Fsp3) is 0.286. The Balaban J connectivity index is 1.85. The van der Waals surface area contributed by atoms with E-state index in [1.165, 1.54) is 12.4 Å². The molecule has 162 valence electrons. The molecule has 1 fully saturated rings. The van der Waals surface area contributed by atoms with Gasteiger partial charge in [0.15, 0.2) is 0 Å². The molecule has 31 heavy (non-hydrogen) atoms. The lowest BCUT2D eigenvalue weighted by Gasteiger charge is -2.43. The van der Waals surface area contributed by atoms with Gasteiger partial charge < -0.3 is 10.6 Å². The van der Waals surface area contributed by atoms with Crippen molar-refractivity contribution in [3.05, 3.63) is 64.4 Å². The number of aromatic nitrogens is 2. The summed E-state index contributed by atoms with van der Waals surface area (Å²) < 4.78 is 40.2. The van der Waals surface area contributed by atoms with Crippen LogP contribution in [0.4, 0.5) is 19.0 Å². The molecular formula is C21H19ClF3N5O. The van der Waals surface area contributed by atoms with E-state index in [9.17, 15) is 18.0 Å². The summed E-state index contributed by atoms with van der Waals surface area (Å²) in [5.74, 6) is -0.120. The summed E-state index contributed by atoms with van der Waals surface area (Å²) >= 11 is 5.80. The van der Waals surface area contributed by atoms with Gasteiger partial charge in [0, 0.05) is 11.9 Å². The quantitative estimate of drug-likeness (QED) is 0.607. The lowest BCUT2D eigenvalue weighted by Crippen LogP contribution is -2.56. The Kier molecular flexibility index (Phi) is 5.49. The van der Waals surface area contributed by atoms with Gasteiger partial charge in [-0.05, 0) is 43.2 Å². The molecule has 1 unspecified atom stereocenters. The summed E-state index contributed by atoms with van der Waals surface area (Å²) in [7, 11) is 0. The second kappa shape index (κ2) is 7.97. The number of nitrogens with zero attached hydrogens (tertiary/aromatic N) is 3. The van der Waals surface area contributed by atoms with E-state index in [0.717, 1.165) is 19.0 Å². The van der Waals surface area contributed by atoms with Crippen LogP contribution in [0, 0.1) is 0 Å². The van der Waals surface area contributed by atoms with Crippen molar-refractivity contribution in [2.75, 3.05) is 11.4 Å². The van der Waals surface area contributed by atoms with Crippen molar-refractivity contribution in [2.24, 2.45) is 5.73 Å². The number of alkyl halides is 3. The Hall–Kier alpha value is -2.91. The van der Waals surface area contributed by atoms with Crippen molar-refractivity contribution in [3.63, 3.8) is 0 Å². The van der Waals surface area contributed by atoms with Crippen molar-refractivity contribution in [1.82, 2.24) is 15.3 Å². The molecule has 2 aromatic carbocycles. The molecule has 0 spiro atoms. The van der Waals surface area contributed by atoms with E-state index >= 15 is 0 Å². The van der Waals surface area contributed by atoms with Crippen LogP contribution in [0.1, 0.15) is 40.9 Å². The predicted octanol–water partition coefficient (Wildman–Crippen LogP) is 4.29. The van der Waals surface area contributed by atoms with E-state index in [2.05, 4.69) is 15.3 Å². The summed E-state index contributed by atoms with van der Waals surface area (Å²) in [6.07, 6.45) is -2.60. The van der Waals surface area contributed by atoms with Gasteiger partial charge in [-0.15, -0.1) is 0 Å². The van der Waals surface area contributed by atoms with Gasteiger partial charge in [0.2, 0.25) is 0 Å². The van der Waals surface area contributed by atoms with E-state index in [0.29, 0.717) is 22.3 Å². The number of anilines is 1. The van der Waals surface area contributed by atoms with Gasteiger partial charge in [-0.2, -0.15) is 13.2 Å². The van der Waals surface area contributed by atoms with E-state index < -0.39 is 23.7 Å². The molecule has 0 aliphatic carbocycles. The maximum atomic E-state index is 13.4. The lowest BCUT2D eigenvalue weighted by molar-refractivity contribution is -0.137. The second-order valence-corrected chi connectivity index (χ2v) is 7.75. The minimum Gasteiger partial charge on any atom is -0.366 e. The SMILES string of the molecule is C[C@@H](c1ccc(Cl)c(C(F)(F)F)c1)N(c1ncnc2c(C(N)=O)cccc12)C1CCN1. The summed E-state index contributed by atoms with van der Waals surface area (Å²) in [6, 6.07) is 8.43. The molecular weight excluding hydrogens is 431 g/mol. The van der Waals surface area contributed by atoms with Gasteiger partial charge in [-0.3, -0.25) is 10.1 Å². The molecule has 6 nitrogen and oxygen atoms in total. The Morgan fingerprint density at radius 1 is 1.29 bits per heavy atom. The first-order chi connectivity index (χ1) is 14.7. The third kappa shape index (κ3) is 3.90. The maximum Gasteiger partial charge on any atom is 0.417 e. The number of benzene rings is 2. The molecule has 0 radical (unpaired) electrons. The van der Waals surface area contributed by atoms with Gasteiger partial charge in [0.25, 0.3) is 5.91 Å². The van der Waals surface area contributed by atoms with Crippen LogP contribution in [0.25, 0.3) is 10.9 Å². The van der Waals surface area contributed by atoms with Gasteiger partial charge in [0.05, 0.1) is 33.9 Å². The number of para-hydroxylation sites is 1. The molecule has 2 atom stereocenters. The summed E-state index contributed by atoms with van der Waals surface area (Å²) in [5, 5.41) is 3.51. The van der Waals surface area contributed by atoms with Gasteiger partial charge in [-0.25, -0.2) is 9.97 Å². The maximum absolute atomic E-state index is 13.4. The van der Waals surface area contributed by atoms with Crippen LogP contribution in [-0.4, -0.2) is 28.6 Å². The normalized spacial score (nSPS) is 17.3. The molecule has 10 heteroatoms. The van der Waals surface area contributed by atoms with E-state index in [4.69, 9.17) is 17.3 Å². The average Bonchev–Trinajstić information content (AvgIpc) is 2.68. The lowest BCUT2D eigenvalue weighted by atomic mass is 10.00. The number of amides is 1. The van der Waals surface area contributed by atoms with Crippen LogP contribution in [0.15, 0.2) is 42.7 Å². The topological polar surface area (TPSA) is 84.1 Å². The molecule has 1 saturated heterocycles. The van der Waals surface area contributed by atoms with Crippen molar-refractivity contribution < 1.29 is 18.0 Å². The molecule has 0 bridgehead atoms. The molecule has 0 saturated carbocycles. The van der Waals surface area contributed by atoms with Crippen LogP contribution in [0.2, 0.25) is 5.02 Å². The predicted molar refractivity (Wildman–Crippen MR) is 112 cm³/mol. The number of rotatable bonds is 5. The number of fused-ring (bicyclic) bond motifs is 1. The zero-order valence-electron chi connectivity index (χ0n) is 16.4. The molecule has 1 aliphatic rings. The van der Waals surface area contributed by atoms with Crippen molar-refractivity contribution >= 4 is 34.2 Å². The van der Waals surface area contributed by atoms with Gasteiger partial charge in [0.1, 0.15) is 12.1 Å². The average molecular weight is 450 g/mol. The number of nitrogens with one attached hydrogen (secondary N) is 1. The minimum absolute atomic E-state index is 0.143. The number of hydrogen-bond donors (Lipinski definition) is 2. The summed E-state index contributed by atoms with van der Waals surface area (Å²) in [4.78, 5) is 22.4. The Labute approximate surface area is 181 Å². The molecule has 3 aromatic rings. The summed E-state index contributed by atoms with van der Waals surface area (Å²) in [6.45, 7) is 2.58. The Morgan fingerprint density at radius 3 is 2.65 bits per heavy atom. The van der Waals surface area contributed by atoms with Crippen LogP contribution in [0.5, 0.6) is 0 Å². The van der Waals surface area contributed by atoms with Crippen LogP contribution >= 0.6 is 11.6 Å². The monoisotopic (exact) mass is 449 g/mol. The van der Waals surface area contributed by atoms with Gasteiger partial charge in [-0.1, -0.05) is 23.7 Å². The standard InChI is InChI=1S/C21H19ClF3N5O/c1-11(12-5-6-16(22)15(9-12)21(23,24)25)30(17-7-8-27-17)20-14-4-2-3-13(19(26)31)18(14)28-10-29-20/h2-6,9-11,17,27H,7-8H2,1H3,(H2,26,31)/t11-,17?/m0/s1. The number of nitrogens with two attached hydrogens (primary N) is 1. The van der Waals surface area contributed by atoms with E-state index in [1.54, 1.807) is 31.2 Å². The fourth-order valence-electron chi connectivity index (χ4n) is 3.77. The number of carbonyl (C=O) groups excluding carboxylic acids is 1. The van der Waals surface area contributed by atoms with Crippen molar-refractivity contribution in [1.29, 1.82) is 0 Å². The fourth-order valence-corrected chi connectivity index (χ4v) is 4.00. The van der Waals surface area contributed by atoms with Crippen molar-refractivity contribution in [3.8, 4) is 0 Å². The Morgan fingerprint density at radius 2 is 2.03 bits per heavy atom. The summed E-state index contributed by atoms with van der Waals surface area (Å²) in [5.41, 5.74) is 5.67. The van der Waals surface area contributed by atoms with Crippen LogP contribution in [0.3, 0.4) is 0 Å². The first-order valence-corrected chi connectivity index (χ1v) is 9.98.